The summed E-state index contributed by atoms with van der Waals surface area (Å²) in [6, 6.07) is 4.74. The van der Waals surface area contributed by atoms with Gasteiger partial charge in [-0.05, 0) is 46.4 Å². The maximum atomic E-state index is 11.8. The number of alkyl carbamates (subject to hydrolysis) is 1. The predicted octanol–water partition coefficient (Wildman–Crippen LogP) is 2.95. The highest BCUT2D eigenvalue weighted by atomic mass is 16.6. The van der Waals surface area contributed by atoms with E-state index in [1.165, 1.54) is 13.2 Å². The number of methoxy groups -OCH3 is 1. The van der Waals surface area contributed by atoms with E-state index in [-0.39, 0.29) is 17.5 Å². The molecule has 8 nitrogen and oxygen atoms in total. The Bertz CT molecular complexity index is 613. The van der Waals surface area contributed by atoms with E-state index < -0.39 is 16.6 Å². The maximum Gasteiger partial charge on any atom is 0.407 e. The Kier molecular flexibility index (Phi) is 7.17. The van der Waals surface area contributed by atoms with Gasteiger partial charge in [0.2, 0.25) is 0 Å². The first-order chi connectivity index (χ1) is 11.5. The van der Waals surface area contributed by atoms with Crippen LogP contribution in [0.4, 0.5) is 10.5 Å². The number of carbonyl (C=O) groups excluding carboxylic acids is 1. The fourth-order valence-electron chi connectivity index (χ4n) is 2.37. The summed E-state index contributed by atoms with van der Waals surface area (Å²) >= 11 is 0. The van der Waals surface area contributed by atoms with Crippen LogP contribution in [-0.4, -0.2) is 48.3 Å². The predicted molar refractivity (Wildman–Crippen MR) is 94.8 cm³/mol. The van der Waals surface area contributed by atoms with Crippen LogP contribution in [-0.2, 0) is 11.3 Å². The summed E-state index contributed by atoms with van der Waals surface area (Å²) in [5.41, 5.74) is 0.186. The molecule has 0 aliphatic heterocycles. The minimum Gasteiger partial charge on any atom is -0.490 e. The lowest BCUT2D eigenvalue weighted by Crippen LogP contribution is -2.42. The van der Waals surface area contributed by atoms with Crippen molar-refractivity contribution in [2.24, 2.45) is 0 Å². The lowest BCUT2D eigenvalue weighted by atomic mass is 10.1. The second-order valence-corrected chi connectivity index (χ2v) is 7.01. The van der Waals surface area contributed by atoms with Gasteiger partial charge in [0.05, 0.1) is 12.0 Å². The van der Waals surface area contributed by atoms with Gasteiger partial charge in [-0.3, -0.25) is 10.1 Å². The van der Waals surface area contributed by atoms with Crippen molar-refractivity contribution in [2.45, 2.75) is 45.9 Å². The molecule has 0 saturated heterocycles. The molecule has 0 radical (unpaired) electrons. The van der Waals surface area contributed by atoms with E-state index in [0.29, 0.717) is 13.1 Å². The molecule has 0 heterocycles. The quantitative estimate of drug-likeness (QED) is 0.598. The van der Waals surface area contributed by atoms with Gasteiger partial charge in [-0.1, -0.05) is 6.07 Å². The van der Waals surface area contributed by atoms with E-state index in [1.54, 1.807) is 32.9 Å². The molecule has 8 heteroatoms. The summed E-state index contributed by atoms with van der Waals surface area (Å²) in [7, 11) is 3.28. The van der Waals surface area contributed by atoms with Crippen molar-refractivity contribution >= 4 is 11.8 Å². The number of nitrogens with zero attached hydrogens (tertiary/aromatic N) is 2. The zero-order valence-corrected chi connectivity index (χ0v) is 15.7. The summed E-state index contributed by atoms with van der Waals surface area (Å²) in [5, 5.41) is 13.9. The van der Waals surface area contributed by atoms with Crippen molar-refractivity contribution < 1.29 is 19.2 Å². The molecule has 0 aliphatic carbocycles. The minimum atomic E-state index is -0.544. The van der Waals surface area contributed by atoms with Gasteiger partial charge in [0.15, 0.2) is 5.75 Å². The molecular weight excluding hydrogens is 326 g/mol. The van der Waals surface area contributed by atoms with Crippen LogP contribution in [0.15, 0.2) is 18.2 Å². The molecule has 1 amide bonds. The average Bonchev–Trinajstić information content (AvgIpc) is 2.44. The molecule has 0 aromatic heterocycles. The molecule has 0 unspecified atom stereocenters. The highest BCUT2D eigenvalue weighted by Gasteiger charge is 2.19. The van der Waals surface area contributed by atoms with Crippen molar-refractivity contribution in [3.63, 3.8) is 0 Å². The third-order valence-electron chi connectivity index (χ3n) is 3.24. The third-order valence-corrected chi connectivity index (χ3v) is 3.24. The Balaban J connectivity index is 2.61. The zero-order chi connectivity index (χ0) is 19.2. The average molecular weight is 353 g/mol. The summed E-state index contributed by atoms with van der Waals surface area (Å²) in [4.78, 5) is 24.3. The van der Waals surface area contributed by atoms with Gasteiger partial charge in [0.25, 0.3) is 0 Å². The number of nitro groups is 1. The molecule has 140 valence electrons. The minimum absolute atomic E-state index is 0.0617. The van der Waals surface area contributed by atoms with E-state index in [4.69, 9.17) is 9.47 Å². The van der Waals surface area contributed by atoms with E-state index in [9.17, 15) is 14.9 Å². The van der Waals surface area contributed by atoms with Crippen LogP contribution in [0, 0.1) is 10.1 Å². The fraction of sp³-hybridized carbons (Fsp3) is 0.588. The van der Waals surface area contributed by atoms with Gasteiger partial charge in [0.1, 0.15) is 5.60 Å². The molecule has 25 heavy (non-hydrogen) atoms. The maximum absolute atomic E-state index is 11.8. The summed E-state index contributed by atoms with van der Waals surface area (Å²) < 4.78 is 10.2. The van der Waals surface area contributed by atoms with Gasteiger partial charge < -0.3 is 19.7 Å². The van der Waals surface area contributed by atoms with E-state index in [1.807, 2.05) is 18.9 Å². The fourth-order valence-corrected chi connectivity index (χ4v) is 2.37. The van der Waals surface area contributed by atoms with Crippen LogP contribution in [0.2, 0.25) is 0 Å². The van der Waals surface area contributed by atoms with Crippen LogP contribution < -0.4 is 10.1 Å². The van der Waals surface area contributed by atoms with Crippen LogP contribution >= 0.6 is 0 Å². The van der Waals surface area contributed by atoms with Crippen LogP contribution in [0.1, 0.15) is 33.3 Å². The molecule has 1 atom stereocenters. The van der Waals surface area contributed by atoms with Gasteiger partial charge in [0, 0.05) is 25.2 Å². The Hall–Kier alpha value is -2.35. The largest absolute Gasteiger partial charge is 0.490 e. The number of hydrogen-bond donors (Lipinski definition) is 1. The molecule has 0 spiro atoms. The van der Waals surface area contributed by atoms with Crippen LogP contribution in [0.3, 0.4) is 0 Å². The first kappa shape index (κ1) is 20.7. The molecule has 0 bridgehead atoms. The smallest absolute Gasteiger partial charge is 0.407 e. The van der Waals surface area contributed by atoms with Crippen LogP contribution in [0.25, 0.3) is 0 Å². The summed E-state index contributed by atoms with van der Waals surface area (Å²) in [6.45, 7) is 8.36. The number of rotatable bonds is 7. The van der Waals surface area contributed by atoms with Crippen molar-refractivity contribution in [1.82, 2.24) is 10.2 Å². The molecule has 1 N–H and O–H groups in total. The monoisotopic (exact) mass is 353 g/mol. The first-order valence-corrected chi connectivity index (χ1v) is 8.01. The van der Waals surface area contributed by atoms with Crippen molar-refractivity contribution in [1.29, 1.82) is 0 Å². The number of nitro benzene ring substituents is 1. The molecule has 0 saturated carbocycles. The second kappa shape index (κ2) is 8.66. The molecule has 0 fully saturated rings. The standard InChI is InChI=1S/C17H27N3O5/c1-12(18-16(21)25-17(2,3)4)10-19(5)11-13-7-8-15(24-6)14(9-13)20(22)23/h7-9,12H,10-11H2,1-6H3,(H,18,21)/t12-/m1/s1. The topological polar surface area (TPSA) is 93.9 Å². The normalized spacial score (nSPS) is 12.6. The molecule has 1 aromatic rings. The third kappa shape index (κ3) is 7.38. The Labute approximate surface area is 148 Å². The van der Waals surface area contributed by atoms with Gasteiger partial charge in [-0.2, -0.15) is 0 Å². The van der Waals surface area contributed by atoms with E-state index in [2.05, 4.69) is 5.32 Å². The Morgan fingerprint density at radius 1 is 1.40 bits per heavy atom. The van der Waals surface area contributed by atoms with E-state index >= 15 is 0 Å². The van der Waals surface area contributed by atoms with Gasteiger partial charge in [-0.15, -0.1) is 0 Å². The second-order valence-electron chi connectivity index (χ2n) is 7.01. The Morgan fingerprint density at radius 2 is 2.04 bits per heavy atom. The van der Waals surface area contributed by atoms with Gasteiger partial charge in [-0.25, -0.2) is 4.79 Å². The van der Waals surface area contributed by atoms with Crippen molar-refractivity contribution in [3.05, 3.63) is 33.9 Å². The molecule has 1 rings (SSSR count). The SMILES string of the molecule is COc1ccc(CN(C)C[C@@H](C)NC(=O)OC(C)(C)C)cc1[N+](=O)[O-]. The highest BCUT2D eigenvalue weighted by Crippen LogP contribution is 2.27. The number of ether oxygens (including phenoxy) is 2. The first-order valence-electron chi connectivity index (χ1n) is 8.01. The van der Waals surface area contributed by atoms with Gasteiger partial charge >= 0.3 is 11.8 Å². The lowest BCUT2D eigenvalue weighted by molar-refractivity contribution is -0.385. The summed E-state index contributed by atoms with van der Waals surface area (Å²) in [6.07, 6.45) is -0.464. The number of hydrogen-bond acceptors (Lipinski definition) is 6. The molecular formula is C17H27N3O5. The molecule has 0 aliphatic rings. The van der Waals surface area contributed by atoms with Crippen molar-refractivity contribution in [3.8, 4) is 5.75 Å². The number of carbonyl (C=O) groups is 1. The number of likely N-dealkylation sites (N-methyl/N-ethyl adjacent to an activating group) is 1. The highest BCUT2D eigenvalue weighted by molar-refractivity contribution is 5.68. The number of amides is 1. The van der Waals surface area contributed by atoms with Crippen LogP contribution in [0.5, 0.6) is 5.75 Å². The molecule has 1 aromatic carbocycles. The lowest BCUT2D eigenvalue weighted by Gasteiger charge is -2.25. The number of benzene rings is 1. The zero-order valence-electron chi connectivity index (χ0n) is 15.7. The Morgan fingerprint density at radius 3 is 2.56 bits per heavy atom. The van der Waals surface area contributed by atoms with E-state index in [0.717, 1.165) is 5.56 Å². The van der Waals surface area contributed by atoms with Crippen molar-refractivity contribution in [2.75, 3.05) is 20.7 Å². The summed E-state index contributed by atoms with van der Waals surface area (Å²) in [5.74, 6) is 0.233. The number of nitrogens with one attached hydrogen (secondary N) is 1.